The van der Waals surface area contributed by atoms with Crippen LogP contribution in [0.25, 0.3) is 0 Å². The minimum Gasteiger partial charge on any atom is -0.342 e. The molecule has 0 N–H and O–H groups in total. The van der Waals surface area contributed by atoms with Gasteiger partial charge in [-0.25, -0.2) is 9.97 Å². The Morgan fingerprint density at radius 3 is 2.70 bits per heavy atom. The number of rotatable bonds is 8. The molecule has 1 atom stereocenters. The van der Waals surface area contributed by atoms with E-state index >= 15 is 0 Å². The molecule has 2 aromatic rings. The first kappa shape index (κ1) is 19.6. The first-order valence-electron chi connectivity index (χ1n) is 9.96. The molecular weight excluding hydrogens is 340 g/mol. The van der Waals surface area contributed by atoms with Crippen molar-refractivity contribution < 1.29 is 4.79 Å². The summed E-state index contributed by atoms with van der Waals surface area (Å²) in [4.78, 5) is 25.8. The van der Waals surface area contributed by atoms with Crippen LogP contribution < -0.4 is 0 Å². The average Bonchev–Trinajstić information content (AvgIpc) is 3.28. The Kier molecular flexibility index (Phi) is 6.66. The minimum absolute atomic E-state index is 0.235. The second-order valence-corrected chi connectivity index (χ2v) is 7.73. The fraction of sp³-hybridized carbons (Fsp3) is 0.650. The Morgan fingerprint density at radius 1 is 1.19 bits per heavy atom. The van der Waals surface area contributed by atoms with Gasteiger partial charge in [0.25, 0.3) is 0 Å². The summed E-state index contributed by atoms with van der Waals surface area (Å²) in [5.41, 5.74) is 0. The molecule has 0 aromatic carbocycles. The lowest BCUT2D eigenvalue weighted by molar-refractivity contribution is -0.132. The van der Waals surface area contributed by atoms with E-state index in [4.69, 9.17) is 0 Å². The molecule has 7 nitrogen and oxygen atoms in total. The molecule has 148 valence electrons. The summed E-state index contributed by atoms with van der Waals surface area (Å²) < 4.78 is 4.31. The van der Waals surface area contributed by atoms with Gasteiger partial charge in [-0.3, -0.25) is 4.79 Å². The summed E-state index contributed by atoms with van der Waals surface area (Å²) in [5.74, 6) is 2.67. The standard InChI is InChI=1S/C20H32N6O/c1-17-21-8-14-24(17)13-7-19(27)26-11-4-6-18(16-26)20-22-9-15-25(20)12-5-10-23(2)3/h8-9,14-15,18H,4-7,10-13,16H2,1-3H3. The fourth-order valence-electron chi connectivity index (χ4n) is 3.86. The number of aryl methyl sites for hydroxylation is 3. The van der Waals surface area contributed by atoms with Crippen molar-refractivity contribution in [3.05, 3.63) is 36.4 Å². The molecule has 0 aliphatic carbocycles. The van der Waals surface area contributed by atoms with E-state index in [9.17, 15) is 4.79 Å². The van der Waals surface area contributed by atoms with E-state index in [1.165, 1.54) is 0 Å². The van der Waals surface area contributed by atoms with Gasteiger partial charge in [-0.05, 0) is 46.8 Å². The van der Waals surface area contributed by atoms with Crippen LogP contribution in [0.4, 0.5) is 0 Å². The second kappa shape index (κ2) is 9.17. The highest BCUT2D eigenvalue weighted by molar-refractivity contribution is 5.76. The van der Waals surface area contributed by atoms with E-state index in [-0.39, 0.29) is 5.91 Å². The number of likely N-dealkylation sites (tertiary alicyclic amines) is 1. The van der Waals surface area contributed by atoms with Gasteiger partial charge in [-0.1, -0.05) is 0 Å². The monoisotopic (exact) mass is 372 g/mol. The zero-order valence-electron chi connectivity index (χ0n) is 16.8. The number of amides is 1. The molecule has 1 fully saturated rings. The number of hydrogen-bond acceptors (Lipinski definition) is 4. The maximum absolute atomic E-state index is 12.7. The van der Waals surface area contributed by atoms with Crippen molar-refractivity contribution in [2.24, 2.45) is 0 Å². The van der Waals surface area contributed by atoms with Gasteiger partial charge >= 0.3 is 0 Å². The minimum atomic E-state index is 0.235. The molecule has 1 aliphatic rings. The predicted octanol–water partition coefficient (Wildman–Crippen LogP) is 2.14. The third-order valence-corrected chi connectivity index (χ3v) is 5.38. The molecule has 0 spiro atoms. The van der Waals surface area contributed by atoms with E-state index in [2.05, 4.69) is 39.7 Å². The molecule has 0 bridgehead atoms. The second-order valence-electron chi connectivity index (χ2n) is 7.73. The van der Waals surface area contributed by atoms with Crippen LogP contribution in [0.3, 0.4) is 0 Å². The molecule has 1 aliphatic heterocycles. The normalized spacial score (nSPS) is 17.6. The number of nitrogens with zero attached hydrogens (tertiary/aromatic N) is 6. The number of hydrogen-bond donors (Lipinski definition) is 0. The lowest BCUT2D eigenvalue weighted by Gasteiger charge is -2.33. The van der Waals surface area contributed by atoms with Crippen molar-refractivity contribution in [1.82, 2.24) is 28.9 Å². The van der Waals surface area contributed by atoms with Crippen LogP contribution in [0.2, 0.25) is 0 Å². The molecule has 1 unspecified atom stereocenters. The smallest absolute Gasteiger partial charge is 0.224 e. The van der Waals surface area contributed by atoms with Crippen molar-refractivity contribution >= 4 is 5.91 Å². The predicted molar refractivity (Wildman–Crippen MR) is 106 cm³/mol. The molecule has 1 saturated heterocycles. The van der Waals surface area contributed by atoms with E-state index in [1.54, 1.807) is 6.20 Å². The number of aromatic nitrogens is 4. The van der Waals surface area contributed by atoms with Crippen LogP contribution >= 0.6 is 0 Å². The fourth-order valence-corrected chi connectivity index (χ4v) is 3.86. The Morgan fingerprint density at radius 2 is 1.96 bits per heavy atom. The Bertz CT molecular complexity index is 734. The zero-order valence-corrected chi connectivity index (χ0v) is 16.8. The van der Waals surface area contributed by atoms with Crippen LogP contribution in [0.15, 0.2) is 24.8 Å². The third kappa shape index (κ3) is 5.19. The molecular formula is C20H32N6O. The summed E-state index contributed by atoms with van der Waals surface area (Å²) in [5, 5.41) is 0. The molecule has 7 heteroatoms. The Hall–Kier alpha value is -2.15. The van der Waals surface area contributed by atoms with Crippen LogP contribution in [-0.2, 0) is 17.9 Å². The molecule has 3 heterocycles. The first-order chi connectivity index (χ1) is 13.0. The Balaban J connectivity index is 1.55. The highest BCUT2D eigenvalue weighted by Crippen LogP contribution is 2.26. The van der Waals surface area contributed by atoms with E-state index in [0.29, 0.717) is 18.9 Å². The maximum atomic E-state index is 12.7. The molecule has 3 rings (SSSR count). The van der Waals surface area contributed by atoms with Crippen LogP contribution in [0.5, 0.6) is 0 Å². The van der Waals surface area contributed by atoms with Crippen molar-refractivity contribution in [2.45, 2.75) is 51.6 Å². The highest BCUT2D eigenvalue weighted by atomic mass is 16.2. The van der Waals surface area contributed by atoms with Crippen molar-refractivity contribution in [2.75, 3.05) is 33.7 Å². The Labute approximate surface area is 162 Å². The van der Waals surface area contributed by atoms with Gasteiger partial charge in [-0.15, -0.1) is 0 Å². The summed E-state index contributed by atoms with van der Waals surface area (Å²) in [6.07, 6.45) is 11.5. The van der Waals surface area contributed by atoms with Gasteiger partial charge in [0, 0.05) is 63.3 Å². The molecule has 2 aromatic heterocycles. The van der Waals surface area contributed by atoms with E-state index in [0.717, 1.165) is 57.1 Å². The quantitative estimate of drug-likeness (QED) is 0.712. The van der Waals surface area contributed by atoms with Crippen molar-refractivity contribution in [3.63, 3.8) is 0 Å². The lowest BCUT2D eigenvalue weighted by Crippen LogP contribution is -2.40. The summed E-state index contributed by atoms with van der Waals surface area (Å²) in [7, 11) is 4.20. The van der Waals surface area contributed by atoms with Crippen LogP contribution in [0.1, 0.15) is 43.3 Å². The number of piperidine rings is 1. The van der Waals surface area contributed by atoms with Gasteiger partial charge in [0.15, 0.2) is 0 Å². The van der Waals surface area contributed by atoms with Gasteiger partial charge in [0.1, 0.15) is 11.6 Å². The molecule has 0 radical (unpaired) electrons. The summed E-state index contributed by atoms with van der Waals surface area (Å²) in [6.45, 7) is 6.37. The van der Waals surface area contributed by atoms with Gasteiger partial charge in [0.2, 0.25) is 5.91 Å². The van der Waals surface area contributed by atoms with Crippen LogP contribution in [0, 0.1) is 6.92 Å². The zero-order chi connectivity index (χ0) is 19.2. The van der Waals surface area contributed by atoms with Crippen LogP contribution in [-0.4, -0.2) is 68.5 Å². The first-order valence-corrected chi connectivity index (χ1v) is 9.96. The highest BCUT2D eigenvalue weighted by Gasteiger charge is 2.27. The third-order valence-electron chi connectivity index (χ3n) is 5.38. The molecule has 1 amide bonds. The van der Waals surface area contributed by atoms with Gasteiger partial charge < -0.3 is 18.9 Å². The molecule has 27 heavy (non-hydrogen) atoms. The number of imidazole rings is 2. The average molecular weight is 373 g/mol. The summed E-state index contributed by atoms with van der Waals surface area (Å²) >= 11 is 0. The maximum Gasteiger partial charge on any atom is 0.224 e. The lowest BCUT2D eigenvalue weighted by atomic mass is 9.96. The van der Waals surface area contributed by atoms with E-state index in [1.807, 2.05) is 28.8 Å². The van der Waals surface area contributed by atoms with Crippen molar-refractivity contribution in [1.29, 1.82) is 0 Å². The molecule has 0 saturated carbocycles. The SMILES string of the molecule is Cc1nccn1CCC(=O)N1CCCC(c2nccn2CCCN(C)C)C1. The van der Waals surface area contributed by atoms with Crippen molar-refractivity contribution in [3.8, 4) is 0 Å². The largest absolute Gasteiger partial charge is 0.342 e. The number of carbonyl (C=O) groups excluding carboxylic acids is 1. The topological polar surface area (TPSA) is 59.2 Å². The van der Waals surface area contributed by atoms with Gasteiger partial charge in [0.05, 0.1) is 0 Å². The number of carbonyl (C=O) groups is 1. The van der Waals surface area contributed by atoms with Gasteiger partial charge in [-0.2, -0.15) is 0 Å². The van der Waals surface area contributed by atoms with E-state index < -0.39 is 0 Å². The summed E-state index contributed by atoms with van der Waals surface area (Å²) in [6, 6.07) is 0.